The first kappa shape index (κ1) is 17.2. The number of benzene rings is 2. The van der Waals surface area contributed by atoms with Gasteiger partial charge >= 0.3 is 158 Å². The Balaban J connectivity index is 1.96. The molecule has 25 heavy (non-hydrogen) atoms. The summed E-state index contributed by atoms with van der Waals surface area (Å²) in [5.41, 5.74) is 6.05. The van der Waals surface area contributed by atoms with Crippen LogP contribution in [-0.4, -0.2) is 0 Å². The zero-order valence-corrected chi connectivity index (χ0v) is 18.3. The first-order valence-corrected chi connectivity index (χ1v) is 17.0. The van der Waals surface area contributed by atoms with Crippen LogP contribution in [-0.2, 0) is 26.5 Å². The first-order valence-electron chi connectivity index (χ1n) is 9.60. The molecule has 0 aromatic heterocycles. The van der Waals surface area contributed by atoms with Crippen LogP contribution < -0.4 is 0 Å². The molecule has 0 saturated carbocycles. The average molecular weight is 408 g/mol. The quantitative estimate of drug-likeness (QED) is 0.517. The summed E-state index contributed by atoms with van der Waals surface area (Å²) in [6.07, 6.45) is 12.4. The topological polar surface area (TPSA) is 0 Å². The predicted octanol–water partition coefficient (Wildman–Crippen LogP) is 6.90. The second-order valence-corrected chi connectivity index (χ2v) is 20.5. The van der Waals surface area contributed by atoms with E-state index in [2.05, 4.69) is 95.9 Å². The zero-order chi connectivity index (χ0) is 17.7. The number of fused-ring (bicyclic) bond motifs is 2. The van der Waals surface area contributed by atoms with Gasteiger partial charge < -0.3 is 0 Å². The van der Waals surface area contributed by atoms with E-state index in [1.54, 1.807) is 11.1 Å². The van der Waals surface area contributed by atoms with E-state index in [4.69, 9.17) is 0 Å². The Kier molecular flexibility index (Phi) is 4.08. The van der Waals surface area contributed by atoms with Crippen LogP contribution in [0.3, 0.4) is 0 Å². The summed E-state index contributed by atoms with van der Waals surface area (Å²) in [5.74, 6) is 0. The third-order valence-electron chi connectivity index (χ3n) is 7.32. The van der Waals surface area contributed by atoms with Gasteiger partial charge in [0.1, 0.15) is 0 Å². The summed E-state index contributed by atoms with van der Waals surface area (Å²) < 4.78 is 5.92. The average Bonchev–Trinajstić information content (AvgIpc) is 3.22. The van der Waals surface area contributed by atoms with Crippen LogP contribution in [0, 0.1) is 0 Å². The van der Waals surface area contributed by atoms with Gasteiger partial charge in [0.15, 0.2) is 0 Å². The number of hydrogen-bond donors (Lipinski definition) is 0. The van der Waals surface area contributed by atoms with Gasteiger partial charge in [0.2, 0.25) is 0 Å². The molecular weight excluding hydrogens is 379 g/mol. The van der Waals surface area contributed by atoms with E-state index >= 15 is 0 Å². The molecular formula is C24H28Zr. The van der Waals surface area contributed by atoms with E-state index in [0.717, 1.165) is 0 Å². The van der Waals surface area contributed by atoms with Crippen molar-refractivity contribution in [3.05, 3.63) is 82.9 Å². The molecule has 2 unspecified atom stereocenters. The minimum absolute atomic E-state index is 0.267. The maximum absolute atomic E-state index is 2.78. The molecule has 2 aromatic carbocycles. The SMILES string of the molecule is CC[C]1([Zr]([CH3])([CH3])[C]2(CC)C=Cc3ccccc32)C=Cc2ccccc21. The van der Waals surface area contributed by atoms with Gasteiger partial charge in [-0.1, -0.05) is 0 Å². The van der Waals surface area contributed by atoms with E-state index in [-0.39, 0.29) is 6.25 Å². The van der Waals surface area contributed by atoms with E-state index in [1.165, 1.54) is 24.0 Å². The van der Waals surface area contributed by atoms with Crippen molar-refractivity contribution in [2.75, 3.05) is 0 Å². The van der Waals surface area contributed by atoms with Crippen molar-refractivity contribution in [2.45, 2.75) is 42.2 Å². The Labute approximate surface area is 157 Å². The third kappa shape index (κ3) is 2.08. The third-order valence-corrected chi connectivity index (χ3v) is 22.2. The van der Waals surface area contributed by atoms with Gasteiger partial charge in [-0.3, -0.25) is 0 Å². The van der Waals surface area contributed by atoms with E-state index < -0.39 is 20.3 Å². The molecule has 0 N–H and O–H groups in total. The molecule has 0 amide bonds. The van der Waals surface area contributed by atoms with Gasteiger partial charge in [0.05, 0.1) is 0 Å². The van der Waals surface area contributed by atoms with Crippen molar-refractivity contribution in [2.24, 2.45) is 0 Å². The molecule has 0 nitrogen and oxygen atoms in total. The fourth-order valence-electron chi connectivity index (χ4n) is 5.73. The molecule has 0 aliphatic heterocycles. The molecule has 128 valence electrons. The minimum atomic E-state index is -2.78. The monoisotopic (exact) mass is 406 g/mol. The molecule has 0 bridgehead atoms. The van der Waals surface area contributed by atoms with Crippen molar-refractivity contribution in [1.82, 2.24) is 0 Å². The van der Waals surface area contributed by atoms with Crippen LogP contribution in [0.5, 0.6) is 0 Å². The summed E-state index contributed by atoms with van der Waals surface area (Å²) in [7, 11) is 0. The molecule has 0 fully saturated rings. The number of rotatable bonds is 4. The van der Waals surface area contributed by atoms with Gasteiger partial charge in [-0.2, -0.15) is 0 Å². The molecule has 1 heteroatoms. The first-order chi connectivity index (χ1) is 12.0. The number of allylic oxidation sites excluding steroid dienone is 2. The fourth-order valence-corrected chi connectivity index (χ4v) is 18.9. The predicted molar refractivity (Wildman–Crippen MR) is 107 cm³/mol. The Morgan fingerprint density at radius 3 is 1.48 bits per heavy atom. The van der Waals surface area contributed by atoms with Crippen molar-refractivity contribution in [3.63, 3.8) is 0 Å². The van der Waals surface area contributed by atoms with Crippen LogP contribution in [0.2, 0.25) is 9.26 Å². The van der Waals surface area contributed by atoms with Crippen LogP contribution in [0.25, 0.3) is 12.2 Å². The van der Waals surface area contributed by atoms with Crippen LogP contribution >= 0.6 is 0 Å². The Morgan fingerprint density at radius 1 is 0.680 bits per heavy atom. The van der Waals surface area contributed by atoms with Crippen LogP contribution in [0.1, 0.15) is 48.9 Å². The fraction of sp³-hybridized carbons (Fsp3) is 0.333. The summed E-state index contributed by atoms with van der Waals surface area (Å²) in [5, 5.41) is 0. The summed E-state index contributed by atoms with van der Waals surface area (Å²) in [4.78, 5) is 0. The van der Waals surface area contributed by atoms with Gasteiger partial charge in [-0.25, -0.2) is 0 Å². The Morgan fingerprint density at radius 2 is 1.08 bits per heavy atom. The standard InChI is InChI=1S/2C11H11.2CH3.Zr/c2*1-2-9-7-8-10-5-3-4-6-11(9)10;;;/h2*3-8H,2H2,1H3;2*1H3;. The van der Waals surface area contributed by atoms with Gasteiger partial charge in [0.25, 0.3) is 0 Å². The van der Waals surface area contributed by atoms with Gasteiger partial charge in [-0.15, -0.1) is 0 Å². The van der Waals surface area contributed by atoms with Crippen molar-refractivity contribution in [1.29, 1.82) is 0 Å². The molecule has 2 atom stereocenters. The second kappa shape index (κ2) is 5.92. The molecule has 0 heterocycles. The van der Waals surface area contributed by atoms with E-state index in [0.29, 0.717) is 0 Å². The summed E-state index contributed by atoms with van der Waals surface area (Å²) in [6, 6.07) is 18.2. The van der Waals surface area contributed by atoms with Crippen LogP contribution in [0.15, 0.2) is 60.7 Å². The van der Waals surface area contributed by atoms with Gasteiger partial charge in [-0.05, 0) is 0 Å². The molecule has 2 aliphatic carbocycles. The normalized spacial score (nSPS) is 26.7. The van der Waals surface area contributed by atoms with Crippen molar-refractivity contribution >= 4 is 12.2 Å². The molecule has 0 spiro atoms. The van der Waals surface area contributed by atoms with Crippen molar-refractivity contribution in [3.8, 4) is 0 Å². The Hall–Kier alpha value is -1.20. The van der Waals surface area contributed by atoms with E-state index in [1.807, 2.05) is 0 Å². The molecule has 0 saturated heterocycles. The maximum atomic E-state index is 2.70. The molecule has 2 aliphatic rings. The zero-order valence-electron chi connectivity index (χ0n) is 15.8. The molecule has 2 aromatic rings. The Bertz CT molecular complexity index is 802. The second-order valence-electron chi connectivity index (χ2n) is 8.12. The van der Waals surface area contributed by atoms with Crippen LogP contribution in [0.4, 0.5) is 0 Å². The molecule has 0 radical (unpaired) electrons. The van der Waals surface area contributed by atoms with E-state index in [9.17, 15) is 0 Å². The number of hydrogen-bond acceptors (Lipinski definition) is 0. The van der Waals surface area contributed by atoms with Gasteiger partial charge in [0, 0.05) is 0 Å². The molecule has 4 rings (SSSR count). The summed E-state index contributed by atoms with van der Waals surface area (Å²) >= 11 is -2.78. The summed E-state index contributed by atoms with van der Waals surface area (Å²) in [6.45, 7) is 4.80. The van der Waals surface area contributed by atoms with Crippen molar-refractivity contribution < 1.29 is 20.3 Å².